The van der Waals surface area contributed by atoms with Crippen LogP contribution in [0.2, 0.25) is 0 Å². The Labute approximate surface area is 182 Å². The molecule has 0 saturated carbocycles. The van der Waals surface area contributed by atoms with Crippen molar-refractivity contribution >= 4 is 27.5 Å². The highest BCUT2D eigenvalue weighted by atomic mass is 32.1. The van der Waals surface area contributed by atoms with E-state index in [1.807, 2.05) is 31.2 Å². The van der Waals surface area contributed by atoms with Crippen LogP contribution < -0.4 is 0 Å². The molecule has 0 amide bonds. The van der Waals surface area contributed by atoms with Crippen molar-refractivity contribution in [3.8, 4) is 11.1 Å². The maximum absolute atomic E-state index is 13.0. The van der Waals surface area contributed by atoms with E-state index in [0.717, 1.165) is 52.6 Å². The molecule has 0 bridgehead atoms. The number of rotatable bonds is 5. The second kappa shape index (κ2) is 8.26. The van der Waals surface area contributed by atoms with E-state index < -0.39 is 30.9 Å². The number of pyridine rings is 1. The number of aryl methyl sites for hydroxylation is 4. The van der Waals surface area contributed by atoms with Gasteiger partial charge in [-0.25, -0.2) is 4.98 Å². The average Bonchev–Trinajstić information content (AvgIpc) is 3.05. The van der Waals surface area contributed by atoms with E-state index in [4.69, 9.17) is 4.98 Å². The largest absolute Gasteiger partial charge is 0.481 e. The normalized spacial score (nSPS) is 15.1. The van der Waals surface area contributed by atoms with Gasteiger partial charge in [0.25, 0.3) is 0 Å². The Hall–Kier alpha value is -2.41. The molecule has 0 fully saturated rings. The number of fused-ring (bicyclic) bond motifs is 3. The molecule has 3 aromatic rings. The quantitative estimate of drug-likeness (QED) is 0.459. The summed E-state index contributed by atoms with van der Waals surface area (Å²) in [6.07, 6.45) is -2.05. The number of halogens is 3. The number of carbonyl (C=O) groups is 1. The van der Waals surface area contributed by atoms with E-state index in [0.29, 0.717) is 11.3 Å². The molecule has 0 saturated heterocycles. The second-order valence-electron chi connectivity index (χ2n) is 8.29. The fourth-order valence-electron chi connectivity index (χ4n) is 4.56. The lowest BCUT2D eigenvalue weighted by Gasteiger charge is -2.22. The monoisotopic (exact) mass is 447 g/mol. The van der Waals surface area contributed by atoms with Gasteiger partial charge in [0, 0.05) is 22.4 Å². The van der Waals surface area contributed by atoms with Gasteiger partial charge in [0.2, 0.25) is 0 Å². The smallest absolute Gasteiger partial charge is 0.389 e. The standard InChI is InChI=1S/C24H24F3NO2S/c1-13-7-9-15(10-8-13)20-19(17(23(29)30)11-12-24(25,26)27)14(2)28-22-21(20)16-5-3-4-6-18(16)31-22/h7-10,17H,3-6,11-12H2,1-2H3,(H,29,30). The number of aromatic nitrogens is 1. The van der Waals surface area contributed by atoms with Crippen LogP contribution in [0.4, 0.5) is 13.2 Å². The summed E-state index contributed by atoms with van der Waals surface area (Å²) in [6, 6.07) is 7.77. The molecule has 31 heavy (non-hydrogen) atoms. The van der Waals surface area contributed by atoms with Gasteiger partial charge in [-0.3, -0.25) is 4.79 Å². The first-order chi connectivity index (χ1) is 14.7. The van der Waals surface area contributed by atoms with Crippen LogP contribution in [0.1, 0.15) is 58.9 Å². The third kappa shape index (κ3) is 4.33. The summed E-state index contributed by atoms with van der Waals surface area (Å²) in [4.78, 5) is 19.0. The highest BCUT2D eigenvalue weighted by Gasteiger charge is 2.35. The van der Waals surface area contributed by atoms with Gasteiger partial charge < -0.3 is 5.11 Å². The Bertz CT molecular complexity index is 1130. The van der Waals surface area contributed by atoms with E-state index in [9.17, 15) is 23.1 Å². The van der Waals surface area contributed by atoms with E-state index in [1.165, 1.54) is 10.4 Å². The predicted octanol–water partition coefficient (Wildman–Crippen LogP) is 6.97. The van der Waals surface area contributed by atoms with Crippen LogP contribution in [0.5, 0.6) is 0 Å². The Balaban J connectivity index is 2.01. The van der Waals surface area contributed by atoms with Crippen molar-refractivity contribution in [3.05, 3.63) is 51.5 Å². The van der Waals surface area contributed by atoms with Crippen molar-refractivity contribution in [3.63, 3.8) is 0 Å². The SMILES string of the molecule is Cc1ccc(-c2c(C(CCC(F)(F)F)C(=O)O)c(C)nc3sc4c(c23)CCCC4)cc1. The van der Waals surface area contributed by atoms with Gasteiger partial charge in [-0.1, -0.05) is 29.8 Å². The minimum Gasteiger partial charge on any atom is -0.481 e. The number of thiophene rings is 1. The van der Waals surface area contributed by atoms with Crippen LogP contribution in [0.15, 0.2) is 24.3 Å². The summed E-state index contributed by atoms with van der Waals surface area (Å²) in [5, 5.41) is 10.9. The van der Waals surface area contributed by atoms with Crippen molar-refractivity contribution in [2.75, 3.05) is 0 Å². The van der Waals surface area contributed by atoms with Gasteiger partial charge in [-0.2, -0.15) is 13.2 Å². The van der Waals surface area contributed by atoms with Gasteiger partial charge in [-0.15, -0.1) is 11.3 Å². The molecule has 7 heteroatoms. The zero-order valence-electron chi connectivity index (χ0n) is 17.5. The number of hydrogen-bond donors (Lipinski definition) is 1. The fraction of sp³-hybridized carbons (Fsp3) is 0.417. The fourth-order valence-corrected chi connectivity index (χ4v) is 5.88. The first-order valence-electron chi connectivity index (χ1n) is 10.5. The van der Waals surface area contributed by atoms with Crippen molar-refractivity contribution in [1.29, 1.82) is 0 Å². The third-order valence-corrected chi connectivity index (χ3v) is 7.22. The van der Waals surface area contributed by atoms with Gasteiger partial charge in [0.05, 0.1) is 5.92 Å². The van der Waals surface area contributed by atoms with E-state index in [1.54, 1.807) is 18.3 Å². The average molecular weight is 448 g/mol. The molecule has 1 atom stereocenters. The van der Waals surface area contributed by atoms with Crippen molar-refractivity contribution in [1.82, 2.24) is 4.98 Å². The molecule has 0 aliphatic heterocycles. The summed E-state index contributed by atoms with van der Waals surface area (Å²) in [5.74, 6) is -2.51. The first-order valence-corrected chi connectivity index (χ1v) is 11.3. The van der Waals surface area contributed by atoms with Crippen molar-refractivity contribution in [2.24, 2.45) is 0 Å². The Morgan fingerprint density at radius 2 is 1.84 bits per heavy atom. The van der Waals surface area contributed by atoms with E-state index in [2.05, 4.69) is 0 Å². The van der Waals surface area contributed by atoms with Crippen LogP contribution in [0.25, 0.3) is 21.3 Å². The summed E-state index contributed by atoms with van der Waals surface area (Å²) in [7, 11) is 0. The molecule has 164 valence electrons. The lowest BCUT2D eigenvalue weighted by Crippen LogP contribution is -2.19. The molecular formula is C24H24F3NO2S. The summed E-state index contributed by atoms with van der Waals surface area (Å²) in [6.45, 7) is 3.68. The second-order valence-corrected chi connectivity index (χ2v) is 9.37. The Morgan fingerprint density at radius 3 is 2.48 bits per heavy atom. The molecule has 1 aliphatic rings. The van der Waals surface area contributed by atoms with Crippen LogP contribution in [-0.2, 0) is 17.6 Å². The molecule has 0 radical (unpaired) electrons. The predicted molar refractivity (Wildman–Crippen MR) is 117 cm³/mol. The Kier molecular flexibility index (Phi) is 5.81. The minimum absolute atomic E-state index is 0.416. The molecule has 1 aromatic carbocycles. The number of carboxylic acids is 1. The molecule has 0 spiro atoms. The molecule has 2 heterocycles. The first kappa shape index (κ1) is 21.8. The number of nitrogens with zero attached hydrogens (tertiary/aromatic N) is 1. The molecule has 1 unspecified atom stereocenters. The zero-order valence-corrected chi connectivity index (χ0v) is 18.3. The maximum Gasteiger partial charge on any atom is 0.389 e. The summed E-state index contributed by atoms with van der Waals surface area (Å²) >= 11 is 1.63. The van der Waals surface area contributed by atoms with Crippen LogP contribution >= 0.6 is 11.3 Å². The van der Waals surface area contributed by atoms with Gasteiger partial charge in [-0.05, 0) is 68.2 Å². The number of hydrogen-bond acceptors (Lipinski definition) is 3. The molecule has 3 nitrogen and oxygen atoms in total. The Morgan fingerprint density at radius 1 is 1.16 bits per heavy atom. The van der Waals surface area contributed by atoms with Gasteiger partial charge in [0.1, 0.15) is 4.83 Å². The van der Waals surface area contributed by atoms with Crippen LogP contribution in [0, 0.1) is 13.8 Å². The molecule has 4 rings (SSSR count). The van der Waals surface area contributed by atoms with E-state index >= 15 is 0 Å². The van der Waals surface area contributed by atoms with Gasteiger partial charge in [0.15, 0.2) is 0 Å². The molecule has 1 N–H and O–H groups in total. The number of benzene rings is 1. The number of aliphatic carboxylic acids is 1. The minimum atomic E-state index is -4.41. The zero-order chi connectivity index (χ0) is 22.3. The lowest BCUT2D eigenvalue weighted by atomic mass is 9.83. The van der Waals surface area contributed by atoms with E-state index in [-0.39, 0.29) is 0 Å². The summed E-state index contributed by atoms with van der Waals surface area (Å²) < 4.78 is 39.0. The lowest BCUT2D eigenvalue weighted by molar-refractivity contribution is -0.145. The molecule has 1 aliphatic carbocycles. The summed E-state index contributed by atoms with van der Waals surface area (Å²) in [5.41, 5.74) is 4.74. The highest BCUT2D eigenvalue weighted by Crippen LogP contribution is 2.46. The topological polar surface area (TPSA) is 50.2 Å². The van der Waals surface area contributed by atoms with Crippen LogP contribution in [-0.4, -0.2) is 22.2 Å². The van der Waals surface area contributed by atoms with Gasteiger partial charge >= 0.3 is 12.1 Å². The molecule has 2 aromatic heterocycles. The third-order valence-electron chi connectivity index (χ3n) is 6.03. The van der Waals surface area contributed by atoms with Crippen LogP contribution in [0.3, 0.4) is 0 Å². The van der Waals surface area contributed by atoms with Crippen molar-refractivity contribution in [2.45, 2.75) is 64.5 Å². The maximum atomic E-state index is 13.0. The molecular weight excluding hydrogens is 423 g/mol. The number of carboxylic acid groups (broad SMARTS) is 1. The number of alkyl halides is 3. The van der Waals surface area contributed by atoms with Crippen molar-refractivity contribution < 1.29 is 23.1 Å². The highest BCUT2D eigenvalue weighted by molar-refractivity contribution is 7.19.